The van der Waals surface area contributed by atoms with Gasteiger partial charge in [-0.25, -0.2) is 9.38 Å². The van der Waals surface area contributed by atoms with Gasteiger partial charge in [0.2, 0.25) is 0 Å². The highest BCUT2D eigenvalue weighted by Gasteiger charge is 2.20. The number of nitrogens with zero attached hydrogens (tertiary/aromatic N) is 2. The largest absolute Gasteiger partial charge is 0.496 e. The van der Waals surface area contributed by atoms with Crippen molar-refractivity contribution in [2.75, 3.05) is 7.11 Å². The minimum atomic E-state index is -0.0874. The summed E-state index contributed by atoms with van der Waals surface area (Å²) in [5.74, 6) is 0.710. The first-order valence-electron chi connectivity index (χ1n) is 9.67. The van der Waals surface area contributed by atoms with Gasteiger partial charge < -0.3 is 4.74 Å². The van der Waals surface area contributed by atoms with Crippen LogP contribution in [0.25, 0.3) is 33.6 Å². The second kappa shape index (κ2) is 8.13. The molecule has 3 aromatic carbocycles. The Hall–Kier alpha value is -3.22. The summed E-state index contributed by atoms with van der Waals surface area (Å²) in [6.07, 6.45) is 1.86. The third-order valence-corrected chi connectivity index (χ3v) is 6.50. The van der Waals surface area contributed by atoms with Gasteiger partial charge in [0.15, 0.2) is 4.96 Å². The summed E-state index contributed by atoms with van der Waals surface area (Å²) >= 11 is 4.88. The lowest BCUT2D eigenvalue weighted by Crippen LogP contribution is -2.23. The molecule has 5 rings (SSSR count). The standard InChI is InChI=1S/C25H17BrN2O2S/c1-30-20-13-12-19(26)14-18(20)15-21-24(29)28-23(17-10-6-3-7-11-17)22(27-25(28)31-21)16-8-4-2-5-9-16/h2-15H,1H3/b21-15-. The molecule has 0 unspecified atom stereocenters. The maximum Gasteiger partial charge on any atom is 0.274 e. The molecule has 4 nitrogen and oxygen atoms in total. The van der Waals surface area contributed by atoms with Crippen LogP contribution in [-0.2, 0) is 0 Å². The van der Waals surface area contributed by atoms with Crippen LogP contribution in [0.15, 0.2) is 88.1 Å². The van der Waals surface area contributed by atoms with Crippen molar-refractivity contribution < 1.29 is 4.74 Å². The fourth-order valence-corrected chi connectivity index (χ4v) is 4.96. The molecule has 2 aromatic heterocycles. The van der Waals surface area contributed by atoms with Crippen molar-refractivity contribution in [3.8, 4) is 28.3 Å². The minimum Gasteiger partial charge on any atom is -0.496 e. The second-order valence-electron chi connectivity index (χ2n) is 6.96. The van der Waals surface area contributed by atoms with E-state index in [2.05, 4.69) is 15.9 Å². The zero-order valence-corrected chi connectivity index (χ0v) is 19.0. The number of fused-ring (bicyclic) bond motifs is 1. The second-order valence-corrected chi connectivity index (χ2v) is 8.89. The number of aromatic nitrogens is 2. The van der Waals surface area contributed by atoms with Gasteiger partial charge in [-0.1, -0.05) is 87.9 Å². The van der Waals surface area contributed by atoms with E-state index in [1.165, 1.54) is 11.3 Å². The molecule has 2 heterocycles. The van der Waals surface area contributed by atoms with Crippen LogP contribution in [0.1, 0.15) is 5.56 Å². The topological polar surface area (TPSA) is 43.6 Å². The Morgan fingerprint density at radius 2 is 1.65 bits per heavy atom. The van der Waals surface area contributed by atoms with Gasteiger partial charge >= 0.3 is 0 Å². The van der Waals surface area contributed by atoms with Crippen LogP contribution in [0.3, 0.4) is 0 Å². The maximum absolute atomic E-state index is 13.5. The summed E-state index contributed by atoms with van der Waals surface area (Å²) in [4.78, 5) is 19.0. The van der Waals surface area contributed by atoms with Crippen LogP contribution < -0.4 is 14.8 Å². The highest BCUT2D eigenvalue weighted by Crippen LogP contribution is 2.32. The van der Waals surface area contributed by atoms with Crippen molar-refractivity contribution in [3.05, 3.63) is 104 Å². The number of halogens is 1. The molecule has 0 spiro atoms. The van der Waals surface area contributed by atoms with Gasteiger partial charge in [0.25, 0.3) is 5.56 Å². The van der Waals surface area contributed by atoms with Crippen LogP contribution >= 0.6 is 27.3 Å². The van der Waals surface area contributed by atoms with Crippen LogP contribution in [-0.4, -0.2) is 16.5 Å². The number of thiazole rings is 1. The molecule has 6 heteroatoms. The predicted octanol–water partition coefficient (Wildman–Crippen LogP) is 5.41. The van der Waals surface area contributed by atoms with Crippen LogP contribution in [0.2, 0.25) is 0 Å². The number of imidazole rings is 1. The van der Waals surface area contributed by atoms with Crippen LogP contribution in [0, 0.1) is 0 Å². The van der Waals surface area contributed by atoms with Gasteiger partial charge in [-0.2, -0.15) is 0 Å². The third kappa shape index (κ3) is 3.58. The SMILES string of the molecule is COc1ccc(Br)cc1/C=c1\sc2nc(-c3ccccc3)c(-c3ccccc3)n2c1=O. The van der Waals surface area contributed by atoms with Crippen molar-refractivity contribution in [2.24, 2.45) is 0 Å². The molecule has 0 atom stereocenters. The van der Waals surface area contributed by atoms with Crippen molar-refractivity contribution >= 4 is 38.3 Å². The molecule has 0 aliphatic carbocycles. The average molecular weight is 489 g/mol. The Bertz CT molecular complexity index is 1490. The van der Waals surface area contributed by atoms with Gasteiger partial charge in [0, 0.05) is 21.2 Å². The number of ether oxygens (including phenoxy) is 1. The average Bonchev–Trinajstić information content (AvgIpc) is 3.32. The zero-order valence-electron chi connectivity index (χ0n) is 16.6. The van der Waals surface area contributed by atoms with E-state index in [9.17, 15) is 4.79 Å². The van der Waals surface area contributed by atoms with E-state index in [4.69, 9.17) is 9.72 Å². The smallest absolute Gasteiger partial charge is 0.274 e. The van der Waals surface area contributed by atoms with Gasteiger partial charge in [-0.05, 0) is 24.3 Å². The molecular formula is C25H17BrN2O2S. The van der Waals surface area contributed by atoms with E-state index >= 15 is 0 Å². The molecular weight excluding hydrogens is 472 g/mol. The van der Waals surface area contributed by atoms with Gasteiger partial charge in [-0.15, -0.1) is 0 Å². The lowest BCUT2D eigenvalue weighted by Gasteiger charge is -2.05. The van der Waals surface area contributed by atoms with E-state index in [1.54, 1.807) is 11.5 Å². The summed E-state index contributed by atoms with van der Waals surface area (Å²) in [6.45, 7) is 0. The first-order chi connectivity index (χ1) is 15.2. The molecule has 0 aliphatic rings. The maximum atomic E-state index is 13.5. The van der Waals surface area contributed by atoms with Crippen molar-refractivity contribution in [1.29, 1.82) is 0 Å². The Balaban J connectivity index is 1.80. The summed E-state index contributed by atoms with van der Waals surface area (Å²) < 4.78 is 8.72. The van der Waals surface area contributed by atoms with E-state index in [0.717, 1.165) is 32.6 Å². The summed E-state index contributed by atoms with van der Waals surface area (Å²) in [5, 5.41) is 0. The first kappa shape index (κ1) is 19.7. The predicted molar refractivity (Wildman–Crippen MR) is 130 cm³/mol. The molecule has 0 saturated carbocycles. The molecule has 0 amide bonds. The fraction of sp³-hybridized carbons (Fsp3) is 0.0400. The highest BCUT2D eigenvalue weighted by atomic mass is 79.9. The zero-order chi connectivity index (χ0) is 21.4. The Labute approximate surface area is 191 Å². The van der Waals surface area contributed by atoms with E-state index in [0.29, 0.717) is 15.2 Å². The molecule has 0 saturated heterocycles. The molecule has 0 fully saturated rings. The normalized spacial score (nSPS) is 11.9. The van der Waals surface area contributed by atoms with E-state index in [1.807, 2.05) is 84.9 Å². The number of benzene rings is 3. The summed E-state index contributed by atoms with van der Waals surface area (Å²) in [7, 11) is 1.62. The van der Waals surface area contributed by atoms with Gasteiger partial charge in [0.1, 0.15) is 5.75 Å². The van der Waals surface area contributed by atoms with Crippen LogP contribution in [0.4, 0.5) is 0 Å². The third-order valence-electron chi connectivity index (χ3n) is 5.03. The van der Waals surface area contributed by atoms with Crippen molar-refractivity contribution in [3.63, 3.8) is 0 Å². The Morgan fingerprint density at radius 1 is 0.968 bits per heavy atom. The lowest BCUT2D eigenvalue weighted by molar-refractivity contribution is 0.414. The molecule has 0 aliphatic heterocycles. The Kier molecular flexibility index (Phi) is 5.18. The molecule has 152 valence electrons. The summed E-state index contributed by atoms with van der Waals surface area (Å²) in [6, 6.07) is 25.6. The number of methoxy groups -OCH3 is 1. The van der Waals surface area contributed by atoms with Gasteiger partial charge in [0.05, 0.1) is 23.0 Å². The Morgan fingerprint density at radius 3 is 2.32 bits per heavy atom. The molecule has 0 radical (unpaired) electrons. The minimum absolute atomic E-state index is 0.0874. The number of hydrogen-bond acceptors (Lipinski definition) is 4. The van der Waals surface area contributed by atoms with Crippen molar-refractivity contribution in [1.82, 2.24) is 9.38 Å². The molecule has 0 N–H and O–H groups in total. The monoisotopic (exact) mass is 488 g/mol. The lowest BCUT2D eigenvalue weighted by atomic mass is 10.1. The van der Waals surface area contributed by atoms with E-state index in [-0.39, 0.29) is 5.56 Å². The first-order valence-corrected chi connectivity index (χ1v) is 11.3. The van der Waals surface area contributed by atoms with E-state index < -0.39 is 0 Å². The summed E-state index contributed by atoms with van der Waals surface area (Å²) in [5.41, 5.74) is 4.30. The van der Waals surface area contributed by atoms with Gasteiger partial charge in [-0.3, -0.25) is 4.79 Å². The molecule has 31 heavy (non-hydrogen) atoms. The number of rotatable bonds is 4. The highest BCUT2D eigenvalue weighted by molar-refractivity contribution is 9.10. The van der Waals surface area contributed by atoms with Crippen molar-refractivity contribution in [2.45, 2.75) is 0 Å². The van der Waals surface area contributed by atoms with Crippen LogP contribution in [0.5, 0.6) is 5.75 Å². The number of hydrogen-bond donors (Lipinski definition) is 0. The fourth-order valence-electron chi connectivity index (χ4n) is 3.62. The molecule has 0 bridgehead atoms. The quantitative estimate of drug-likeness (QED) is 0.339. The molecule has 5 aromatic rings.